The van der Waals surface area contributed by atoms with Gasteiger partial charge in [-0.15, -0.1) is 0 Å². The van der Waals surface area contributed by atoms with E-state index in [-0.39, 0.29) is 0 Å². The highest BCUT2D eigenvalue weighted by Crippen LogP contribution is 2.29. The molecule has 7 amide bonds. The van der Waals surface area contributed by atoms with Crippen LogP contribution < -0.4 is 32.7 Å². The summed E-state index contributed by atoms with van der Waals surface area (Å²) >= 11 is 0. The zero-order valence-corrected chi connectivity index (χ0v) is 35.1. The van der Waals surface area contributed by atoms with Gasteiger partial charge in [-0.3, -0.25) is 38.1 Å². The van der Waals surface area contributed by atoms with Crippen molar-refractivity contribution < 1.29 is 92.5 Å². The second kappa shape index (κ2) is 20.8. The molecule has 28 heteroatoms. The van der Waals surface area contributed by atoms with Crippen LogP contribution in [-0.4, -0.2) is 202 Å². The molecule has 18 N–H and O–H groups in total. The molecule has 3 heterocycles. The van der Waals surface area contributed by atoms with Crippen molar-refractivity contribution in [3.63, 3.8) is 0 Å². The van der Waals surface area contributed by atoms with Crippen LogP contribution in [0.25, 0.3) is 0 Å². The minimum absolute atomic E-state index is 0.447. The number of nitrogens with one attached hydrogen (secondary N) is 4. The Hall–Kier alpha value is -5.14. The number of phenols is 1. The van der Waals surface area contributed by atoms with Gasteiger partial charge in [0, 0.05) is 37.4 Å². The minimum atomic E-state index is -4.80. The minimum Gasteiger partial charge on any atom is -0.508 e. The monoisotopic (exact) mass is 934 g/mol. The number of rotatable bonds is 9. The van der Waals surface area contributed by atoms with Crippen LogP contribution in [0.5, 0.6) is 5.75 Å². The Labute approximate surface area is 364 Å². The summed E-state index contributed by atoms with van der Waals surface area (Å²) in [5, 5.41) is 106. The van der Waals surface area contributed by atoms with Gasteiger partial charge < -0.3 is 88.5 Å². The maximum absolute atomic E-state index is 14.3. The first-order valence-electron chi connectivity index (χ1n) is 19.7. The molecule has 0 radical (unpaired) electrons. The van der Waals surface area contributed by atoms with Crippen molar-refractivity contribution >= 4 is 51.5 Å². The molecule has 4 rings (SSSR count). The van der Waals surface area contributed by atoms with Gasteiger partial charge in [0.15, 0.2) is 6.23 Å². The van der Waals surface area contributed by atoms with Crippen LogP contribution in [0.4, 0.5) is 0 Å². The molecule has 64 heavy (non-hydrogen) atoms. The Bertz CT molecular complexity index is 2060. The first kappa shape index (κ1) is 51.5. The summed E-state index contributed by atoms with van der Waals surface area (Å²) in [5.41, 5.74) is 10.2. The number of aromatic hydroxyl groups is 1. The van der Waals surface area contributed by atoms with Crippen molar-refractivity contribution in [1.29, 1.82) is 0 Å². The third-order valence-electron chi connectivity index (χ3n) is 11.1. The Morgan fingerprint density at radius 3 is 2.02 bits per heavy atom. The molecule has 0 aromatic heterocycles. The number of hydrogen-bond donors (Lipinski definition) is 16. The molecule has 3 aliphatic heterocycles. The Balaban J connectivity index is 1.88. The molecule has 15 atom stereocenters. The van der Waals surface area contributed by atoms with Gasteiger partial charge in [0.1, 0.15) is 60.0 Å². The van der Waals surface area contributed by atoms with Crippen LogP contribution in [0.2, 0.25) is 0 Å². The quantitative estimate of drug-likeness (QED) is 0.102. The lowest BCUT2D eigenvalue weighted by molar-refractivity contribution is -0.149. The molecule has 3 fully saturated rings. The predicted octanol–water partition coefficient (Wildman–Crippen LogP) is -9.06. The largest absolute Gasteiger partial charge is 0.508 e. The maximum atomic E-state index is 14.3. The van der Waals surface area contributed by atoms with Gasteiger partial charge in [0.2, 0.25) is 41.4 Å². The highest BCUT2D eigenvalue weighted by atomic mass is 32.2. The molecule has 3 aliphatic rings. The van der Waals surface area contributed by atoms with E-state index in [1.54, 1.807) is 0 Å². The summed E-state index contributed by atoms with van der Waals surface area (Å²) in [5.74, 6) is -12.2. The van der Waals surface area contributed by atoms with Crippen molar-refractivity contribution in [3.8, 4) is 5.75 Å². The van der Waals surface area contributed by atoms with E-state index in [1.165, 1.54) is 6.92 Å². The van der Waals surface area contributed by atoms with E-state index >= 15 is 0 Å². The van der Waals surface area contributed by atoms with Crippen molar-refractivity contribution in [2.45, 2.75) is 124 Å². The van der Waals surface area contributed by atoms with Crippen LogP contribution in [0.15, 0.2) is 18.2 Å². The van der Waals surface area contributed by atoms with Crippen molar-refractivity contribution in [1.82, 2.24) is 31.1 Å². The first-order valence-corrected chi connectivity index (χ1v) is 21.3. The van der Waals surface area contributed by atoms with E-state index in [9.17, 15) is 92.5 Å². The third-order valence-corrected chi connectivity index (χ3v) is 11.7. The second-order valence-corrected chi connectivity index (χ2v) is 17.6. The van der Waals surface area contributed by atoms with Crippen LogP contribution in [0.1, 0.15) is 50.3 Å². The molecule has 1 aromatic carbocycles. The highest BCUT2D eigenvalue weighted by molar-refractivity contribution is 7.85. The molecule has 0 unspecified atom stereocenters. The van der Waals surface area contributed by atoms with Crippen LogP contribution >= 0.6 is 0 Å². The van der Waals surface area contributed by atoms with Crippen LogP contribution in [-0.2, 0) is 49.4 Å². The molecule has 1 aromatic rings. The average molecular weight is 935 g/mol. The van der Waals surface area contributed by atoms with Gasteiger partial charge in [0.25, 0.3) is 10.1 Å². The number of aliphatic hydroxyl groups excluding tert-OH is 8. The molecular formula is C36H54N8O19S. The number of nitrogens with zero attached hydrogens (tertiary/aromatic N) is 2. The zero-order chi connectivity index (χ0) is 48.3. The molecule has 3 saturated heterocycles. The number of nitrogens with two attached hydrogens (primary N) is 2. The second-order valence-electron chi connectivity index (χ2n) is 16.1. The van der Waals surface area contributed by atoms with Gasteiger partial charge >= 0.3 is 0 Å². The molecular weight excluding hydrogens is 880 g/mol. The molecule has 0 saturated carbocycles. The number of carbonyl (C=O) groups is 7. The van der Waals surface area contributed by atoms with Gasteiger partial charge in [-0.25, -0.2) is 0 Å². The summed E-state index contributed by atoms with van der Waals surface area (Å²) in [7, 11) is -4.80. The molecule has 358 valence electrons. The SMILES string of the molecule is C[C@@H](O)[C@@H]1NC(=O)[C@H](N)C[C@@H](O)[C@@H](O)NC(=O)[C@@H]2[C@@H](O)[C@@H](C)CN2C(=O)[C@H]([C@H](O)CC(N)=O)NC(=O)[C@H]([C@H](O)[C@@H](O)c2ccc(O)c(CS(=O)(=O)O)c2)NC(=O)[C@@H]2C[C@@H](O)CN2C1=O. The lowest BCUT2D eigenvalue weighted by atomic mass is 9.95. The van der Waals surface area contributed by atoms with Gasteiger partial charge in [-0.1, -0.05) is 13.0 Å². The third kappa shape index (κ3) is 12.1. The summed E-state index contributed by atoms with van der Waals surface area (Å²) in [6.07, 6.45) is -18.9. The van der Waals surface area contributed by atoms with Gasteiger partial charge in [-0.2, -0.15) is 8.42 Å². The summed E-state index contributed by atoms with van der Waals surface area (Å²) in [6.45, 7) is 1.31. The summed E-state index contributed by atoms with van der Waals surface area (Å²) < 4.78 is 32.6. The average Bonchev–Trinajstić information content (AvgIpc) is 3.74. The Morgan fingerprint density at radius 2 is 1.42 bits per heavy atom. The van der Waals surface area contributed by atoms with E-state index in [0.29, 0.717) is 9.80 Å². The Morgan fingerprint density at radius 1 is 0.828 bits per heavy atom. The van der Waals surface area contributed by atoms with Crippen molar-refractivity contribution in [2.75, 3.05) is 13.1 Å². The predicted molar refractivity (Wildman–Crippen MR) is 211 cm³/mol. The van der Waals surface area contributed by atoms with E-state index in [1.807, 2.05) is 10.6 Å². The number of hydrogen-bond acceptors (Lipinski definition) is 19. The standard InChI is InChI=1S/C36H54N8O19S/c1-12-9-44-26(27(12)51)34(58)42-32(56)21(49)7-17(37)30(54)39-23(13(2)45)35(59)43-10-16(46)6-18(43)31(55)41-25(33(57)40-24(36(44)60)20(48)8-22(38)50)29(53)28(52)14-3-4-19(47)15(5-14)11-64(61,62)63/h3-5,12-13,16-18,20-21,23-29,32,45-49,51-53,56H,6-11,37H2,1-2H3,(H2,38,50)(H,39,54)(H,40,57)(H,41,55)(H,42,58)(H,61,62,63)/t12-,13+,16+,17+,18-,20+,21+,23-,24-,25-,26-,27-,28-,29-,32+/m0/s1. The van der Waals surface area contributed by atoms with Crippen LogP contribution in [0.3, 0.4) is 0 Å². The van der Waals surface area contributed by atoms with E-state index in [4.69, 9.17) is 11.5 Å². The smallest absolute Gasteiger partial charge is 0.269 e. The van der Waals surface area contributed by atoms with E-state index in [2.05, 4.69) is 10.6 Å². The van der Waals surface area contributed by atoms with Gasteiger partial charge in [-0.05, 0) is 24.6 Å². The summed E-state index contributed by atoms with van der Waals surface area (Å²) in [4.78, 5) is 96.8. The zero-order valence-electron chi connectivity index (χ0n) is 34.2. The van der Waals surface area contributed by atoms with Crippen LogP contribution in [0, 0.1) is 5.92 Å². The fraction of sp³-hybridized carbons (Fsp3) is 0.639. The number of phenolic OH excluding ortho intramolecular Hbond substituents is 1. The number of aliphatic hydroxyl groups is 8. The first-order chi connectivity index (χ1) is 29.6. The Kier molecular flexibility index (Phi) is 16.7. The van der Waals surface area contributed by atoms with Crippen molar-refractivity contribution in [3.05, 3.63) is 29.3 Å². The molecule has 0 spiro atoms. The fourth-order valence-corrected chi connectivity index (χ4v) is 8.24. The maximum Gasteiger partial charge on any atom is 0.269 e. The normalized spacial score (nSPS) is 32.5. The fourth-order valence-electron chi connectivity index (χ4n) is 7.61. The molecule has 27 nitrogen and oxygen atoms in total. The van der Waals surface area contributed by atoms with Crippen molar-refractivity contribution in [2.24, 2.45) is 17.4 Å². The molecule has 0 bridgehead atoms. The van der Waals surface area contributed by atoms with Gasteiger partial charge in [0.05, 0.1) is 36.9 Å². The number of amides is 7. The van der Waals surface area contributed by atoms with E-state index in [0.717, 1.165) is 25.1 Å². The molecule has 0 aliphatic carbocycles. The van der Waals surface area contributed by atoms with E-state index < -0.39 is 198 Å². The number of primary amides is 1. The number of benzene rings is 1. The summed E-state index contributed by atoms with van der Waals surface area (Å²) in [6, 6.07) is -9.67. The topological polar surface area (TPSA) is 463 Å². The highest BCUT2D eigenvalue weighted by Gasteiger charge is 2.50. The lowest BCUT2D eigenvalue weighted by Gasteiger charge is -2.34. The number of fused-ring (bicyclic) bond motifs is 2. The number of carbonyl (C=O) groups excluding carboxylic acids is 7. The lowest BCUT2D eigenvalue weighted by Crippen LogP contribution is -2.64.